The van der Waals surface area contributed by atoms with Crippen molar-refractivity contribution >= 4 is 91.2 Å². The third-order valence-electron chi connectivity index (χ3n) is 3.82. The maximum absolute atomic E-state index is 12.8. The van der Waals surface area contributed by atoms with Crippen molar-refractivity contribution < 1.29 is 39.9 Å². The zero-order valence-corrected chi connectivity index (χ0v) is 22.6. The van der Waals surface area contributed by atoms with E-state index < -0.39 is 49.2 Å². The van der Waals surface area contributed by atoms with E-state index in [0.717, 1.165) is 0 Å². The number of nitrogens with one attached hydrogen (secondary N) is 3. The predicted molar refractivity (Wildman–Crippen MR) is 136 cm³/mol. The smallest absolute Gasteiger partial charge is 0.253 e. The van der Waals surface area contributed by atoms with Crippen LogP contribution in [-0.4, -0.2) is 87.9 Å². The van der Waals surface area contributed by atoms with E-state index in [1.807, 2.05) is 45.2 Å². The molecule has 11 nitrogen and oxygen atoms in total. The molecule has 0 heterocycles. The van der Waals surface area contributed by atoms with Gasteiger partial charge in [0.25, 0.3) is 17.7 Å². The second-order valence-corrected chi connectivity index (χ2v) is 9.56. The number of halogens is 3. The number of amides is 3. The van der Waals surface area contributed by atoms with Crippen molar-refractivity contribution in [2.24, 2.45) is 0 Å². The standard InChI is InChI=1S/C17H22I3N3O8/c1-6(26)15(29)23-14-12(19)9(16(30)21-2-7(27)4-24)11(18)10(13(14)20)17(31)22-3-8(28)5-25/h6-8,24-28H,2-5H2,1H3,(H,21,30)(H,22,31)(H,23,29)/t6-,7?,8?/m0/s1. The second kappa shape index (κ2) is 13.4. The summed E-state index contributed by atoms with van der Waals surface area (Å²) in [4.78, 5) is 37.7. The van der Waals surface area contributed by atoms with Crippen LogP contribution in [-0.2, 0) is 4.79 Å². The Morgan fingerprint density at radius 3 is 1.52 bits per heavy atom. The normalized spacial score (nSPS) is 13.8. The maximum atomic E-state index is 12.8. The first-order chi connectivity index (χ1) is 14.5. The Balaban J connectivity index is 3.52. The number of aliphatic hydroxyl groups excluding tert-OH is 5. The van der Waals surface area contributed by atoms with Gasteiger partial charge in [-0.25, -0.2) is 0 Å². The van der Waals surface area contributed by atoms with Gasteiger partial charge in [0.2, 0.25) is 0 Å². The molecule has 0 aromatic heterocycles. The van der Waals surface area contributed by atoms with Gasteiger partial charge in [-0.05, 0) is 74.7 Å². The molecular formula is C17H22I3N3O8. The molecule has 1 rings (SSSR count). The lowest BCUT2D eigenvalue weighted by atomic mass is 10.1. The number of carbonyl (C=O) groups is 3. The lowest BCUT2D eigenvalue weighted by molar-refractivity contribution is -0.123. The summed E-state index contributed by atoms with van der Waals surface area (Å²) in [6.45, 7) is -0.342. The number of aliphatic hydroxyl groups is 5. The van der Waals surface area contributed by atoms with Crippen molar-refractivity contribution in [1.82, 2.24) is 10.6 Å². The van der Waals surface area contributed by atoms with Gasteiger partial charge in [0.15, 0.2) is 0 Å². The third kappa shape index (κ3) is 7.86. The first kappa shape index (κ1) is 28.7. The highest BCUT2D eigenvalue weighted by molar-refractivity contribution is 14.1. The average Bonchev–Trinajstić information content (AvgIpc) is 2.72. The number of anilines is 1. The first-order valence-electron chi connectivity index (χ1n) is 8.79. The number of hydrogen-bond donors (Lipinski definition) is 8. The van der Waals surface area contributed by atoms with Gasteiger partial charge < -0.3 is 41.5 Å². The van der Waals surface area contributed by atoms with Crippen LogP contribution in [0.3, 0.4) is 0 Å². The first-order valence-corrected chi connectivity index (χ1v) is 12.0. The molecule has 0 bridgehead atoms. The van der Waals surface area contributed by atoms with E-state index in [1.54, 1.807) is 22.6 Å². The molecule has 3 atom stereocenters. The fourth-order valence-electron chi connectivity index (χ4n) is 2.13. The molecule has 0 aliphatic carbocycles. The Bertz CT molecular complexity index is 784. The van der Waals surface area contributed by atoms with Crippen LogP contribution in [0.1, 0.15) is 27.6 Å². The highest BCUT2D eigenvalue weighted by atomic mass is 127. The zero-order valence-electron chi connectivity index (χ0n) is 16.2. The van der Waals surface area contributed by atoms with Crippen molar-refractivity contribution in [1.29, 1.82) is 0 Å². The fraction of sp³-hybridized carbons (Fsp3) is 0.471. The highest BCUT2D eigenvalue weighted by Gasteiger charge is 2.29. The van der Waals surface area contributed by atoms with Crippen LogP contribution < -0.4 is 16.0 Å². The summed E-state index contributed by atoms with van der Waals surface area (Å²) in [5.41, 5.74) is 0.217. The minimum Gasteiger partial charge on any atom is -0.394 e. The van der Waals surface area contributed by atoms with Crippen molar-refractivity contribution in [3.05, 3.63) is 21.8 Å². The Labute approximate surface area is 218 Å². The maximum Gasteiger partial charge on any atom is 0.253 e. The Kier molecular flexibility index (Phi) is 12.3. The van der Waals surface area contributed by atoms with Gasteiger partial charge in [-0.3, -0.25) is 14.4 Å². The Morgan fingerprint density at radius 2 is 1.19 bits per heavy atom. The summed E-state index contributed by atoms with van der Waals surface area (Å²) < 4.78 is 0.833. The Hall–Kier alpha value is -0.380. The van der Waals surface area contributed by atoms with E-state index in [-0.39, 0.29) is 33.5 Å². The molecule has 2 unspecified atom stereocenters. The van der Waals surface area contributed by atoms with Gasteiger partial charge >= 0.3 is 0 Å². The van der Waals surface area contributed by atoms with Crippen LogP contribution in [0.5, 0.6) is 0 Å². The van der Waals surface area contributed by atoms with Gasteiger partial charge in [-0.1, -0.05) is 0 Å². The summed E-state index contributed by atoms with van der Waals surface area (Å²) in [5.74, 6) is -2.06. The van der Waals surface area contributed by atoms with Crippen molar-refractivity contribution in [2.45, 2.75) is 25.2 Å². The van der Waals surface area contributed by atoms with Gasteiger partial charge in [0, 0.05) is 16.7 Å². The molecule has 0 radical (unpaired) electrons. The summed E-state index contributed by atoms with van der Waals surface area (Å²) >= 11 is 5.45. The monoisotopic (exact) mass is 777 g/mol. The molecular weight excluding hydrogens is 755 g/mol. The summed E-state index contributed by atoms with van der Waals surface area (Å²) in [6, 6.07) is 0. The molecule has 174 valence electrons. The number of carbonyl (C=O) groups excluding carboxylic acids is 3. The second-order valence-electron chi connectivity index (χ2n) is 6.33. The van der Waals surface area contributed by atoms with Crippen molar-refractivity contribution in [3.63, 3.8) is 0 Å². The van der Waals surface area contributed by atoms with E-state index in [1.165, 1.54) is 6.92 Å². The SMILES string of the molecule is C[C@H](O)C(=O)Nc1c(I)c(C(=O)NCC(O)CO)c(I)c(C(=O)NCC(O)CO)c1I. The van der Waals surface area contributed by atoms with Gasteiger partial charge in [0.05, 0.1) is 49.4 Å². The molecule has 0 spiro atoms. The number of benzene rings is 1. The summed E-state index contributed by atoms with van der Waals surface area (Å²) in [7, 11) is 0. The van der Waals surface area contributed by atoms with Crippen LogP contribution in [0.25, 0.3) is 0 Å². The molecule has 1 aromatic rings. The number of rotatable bonds is 10. The molecule has 0 aliphatic rings. The molecule has 31 heavy (non-hydrogen) atoms. The van der Waals surface area contributed by atoms with Crippen LogP contribution >= 0.6 is 67.8 Å². The quantitative estimate of drug-likeness (QED) is 0.139. The van der Waals surface area contributed by atoms with Gasteiger partial charge in [-0.2, -0.15) is 0 Å². The van der Waals surface area contributed by atoms with E-state index in [2.05, 4.69) is 16.0 Å². The molecule has 0 aliphatic heterocycles. The lowest BCUT2D eigenvalue weighted by Crippen LogP contribution is -2.37. The highest BCUT2D eigenvalue weighted by Crippen LogP contribution is 2.36. The zero-order chi connectivity index (χ0) is 23.9. The van der Waals surface area contributed by atoms with Gasteiger partial charge in [-0.15, -0.1) is 0 Å². The fourth-order valence-corrected chi connectivity index (χ4v) is 6.54. The molecule has 14 heteroatoms. The van der Waals surface area contributed by atoms with Crippen LogP contribution in [0, 0.1) is 10.7 Å². The van der Waals surface area contributed by atoms with Crippen LogP contribution in [0.4, 0.5) is 5.69 Å². The minimum atomic E-state index is -1.35. The number of hydrogen-bond acceptors (Lipinski definition) is 8. The molecule has 0 fully saturated rings. The summed E-state index contributed by atoms with van der Waals surface area (Å²) in [6.07, 6.45) is -3.71. The largest absolute Gasteiger partial charge is 0.394 e. The molecule has 8 N–H and O–H groups in total. The minimum absolute atomic E-state index is 0.0421. The summed E-state index contributed by atoms with van der Waals surface area (Å²) in [5, 5.41) is 53.8. The molecule has 0 saturated carbocycles. The lowest BCUT2D eigenvalue weighted by Gasteiger charge is -2.20. The van der Waals surface area contributed by atoms with Crippen LogP contribution in [0.2, 0.25) is 0 Å². The van der Waals surface area contributed by atoms with E-state index in [4.69, 9.17) is 10.2 Å². The third-order valence-corrected chi connectivity index (χ3v) is 7.05. The van der Waals surface area contributed by atoms with E-state index in [9.17, 15) is 29.7 Å². The Morgan fingerprint density at radius 1 is 0.806 bits per heavy atom. The topological polar surface area (TPSA) is 188 Å². The van der Waals surface area contributed by atoms with Crippen LogP contribution in [0.15, 0.2) is 0 Å². The molecule has 1 aromatic carbocycles. The molecule has 0 saturated heterocycles. The van der Waals surface area contributed by atoms with E-state index >= 15 is 0 Å². The van der Waals surface area contributed by atoms with Crippen molar-refractivity contribution in [2.75, 3.05) is 31.6 Å². The predicted octanol–water partition coefficient (Wildman–Crippen LogP) is -1.01. The van der Waals surface area contributed by atoms with E-state index in [0.29, 0.717) is 7.14 Å². The van der Waals surface area contributed by atoms with Gasteiger partial charge in [0.1, 0.15) is 6.10 Å². The average molecular weight is 777 g/mol. The molecule has 3 amide bonds. The van der Waals surface area contributed by atoms with Crippen molar-refractivity contribution in [3.8, 4) is 0 Å².